The molecule has 1 aromatic carbocycles. The standard InChI is InChI=1S/C26H28N4O4S2/c1-5-16(2)27-23-18(24(31)29-12-7-6-8-22(29)28-23)15-21-25(32)30(26(35)36-21)13-11-17-9-10-19(33-3)20(14-17)34-4/h6-10,12,14-16,27H,5,11,13H2,1-4H3/b21-15-/t16-/m1/s1. The summed E-state index contributed by atoms with van der Waals surface area (Å²) < 4.78 is 12.6. The van der Waals surface area contributed by atoms with Crippen molar-refractivity contribution in [2.45, 2.75) is 32.7 Å². The number of nitrogens with zero attached hydrogens (tertiary/aromatic N) is 3. The van der Waals surface area contributed by atoms with Gasteiger partial charge in [0.05, 0.1) is 24.7 Å². The Hall–Kier alpha value is -3.37. The molecule has 1 aliphatic heterocycles. The summed E-state index contributed by atoms with van der Waals surface area (Å²) in [6.07, 6.45) is 4.72. The van der Waals surface area contributed by atoms with Crippen molar-refractivity contribution in [3.8, 4) is 11.5 Å². The van der Waals surface area contributed by atoms with E-state index in [1.807, 2.05) is 31.2 Å². The average molecular weight is 525 g/mol. The Kier molecular flexibility index (Phi) is 7.95. The number of thiocarbonyl (C=S) groups is 1. The van der Waals surface area contributed by atoms with Gasteiger partial charge in [0.25, 0.3) is 11.5 Å². The van der Waals surface area contributed by atoms with Gasteiger partial charge in [-0.3, -0.25) is 18.9 Å². The van der Waals surface area contributed by atoms with Crippen LogP contribution < -0.4 is 20.3 Å². The lowest BCUT2D eigenvalue weighted by molar-refractivity contribution is -0.122. The van der Waals surface area contributed by atoms with Gasteiger partial charge in [-0.25, -0.2) is 4.98 Å². The number of carbonyl (C=O) groups is 1. The molecule has 36 heavy (non-hydrogen) atoms. The Morgan fingerprint density at radius 2 is 1.94 bits per heavy atom. The first-order valence-electron chi connectivity index (χ1n) is 11.6. The van der Waals surface area contributed by atoms with E-state index in [0.29, 0.717) is 50.7 Å². The zero-order valence-corrected chi connectivity index (χ0v) is 22.2. The van der Waals surface area contributed by atoms with Gasteiger partial charge < -0.3 is 14.8 Å². The summed E-state index contributed by atoms with van der Waals surface area (Å²) in [7, 11) is 3.17. The third kappa shape index (κ3) is 5.24. The molecule has 0 unspecified atom stereocenters. The number of aromatic nitrogens is 2. The molecule has 2 aromatic heterocycles. The van der Waals surface area contributed by atoms with Crippen molar-refractivity contribution in [3.63, 3.8) is 0 Å². The first kappa shape index (κ1) is 25.7. The number of carbonyl (C=O) groups excluding carboxylic acids is 1. The highest BCUT2D eigenvalue weighted by atomic mass is 32.2. The SMILES string of the molecule is CC[C@@H](C)Nc1nc2ccccn2c(=O)c1/C=C1\SC(=S)N(CCc2ccc(OC)c(OC)c2)C1=O. The fourth-order valence-electron chi connectivity index (χ4n) is 3.78. The van der Waals surface area contributed by atoms with E-state index in [1.54, 1.807) is 43.5 Å². The maximum Gasteiger partial charge on any atom is 0.267 e. The summed E-state index contributed by atoms with van der Waals surface area (Å²) in [6.45, 7) is 4.48. The lowest BCUT2D eigenvalue weighted by Crippen LogP contribution is -2.30. The number of nitrogens with one attached hydrogen (secondary N) is 1. The normalized spacial score (nSPS) is 15.6. The number of hydrogen-bond donors (Lipinski definition) is 1. The van der Waals surface area contributed by atoms with E-state index in [4.69, 9.17) is 21.7 Å². The molecule has 1 amide bonds. The minimum Gasteiger partial charge on any atom is -0.493 e. The molecule has 1 saturated heterocycles. The Morgan fingerprint density at radius 3 is 2.67 bits per heavy atom. The second kappa shape index (κ2) is 11.1. The van der Waals surface area contributed by atoms with E-state index >= 15 is 0 Å². The first-order chi connectivity index (χ1) is 17.4. The zero-order valence-electron chi connectivity index (χ0n) is 20.6. The number of benzene rings is 1. The smallest absolute Gasteiger partial charge is 0.267 e. The van der Waals surface area contributed by atoms with E-state index in [-0.39, 0.29) is 17.5 Å². The fourth-order valence-corrected chi connectivity index (χ4v) is 5.07. The van der Waals surface area contributed by atoms with Crippen LogP contribution in [0.5, 0.6) is 11.5 Å². The van der Waals surface area contributed by atoms with Crippen LogP contribution in [0.15, 0.2) is 52.3 Å². The molecule has 8 nitrogen and oxygen atoms in total. The molecule has 0 saturated carbocycles. The Balaban J connectivity index is 1.62. The molecule has 1 atom stereocenters. The van der Waals surface area contributed by atoms with Gasteiger partial charge in [-0.2, -0.15) is 0 Å². The molecule has 0 radical (unpaired) electrons. The number of hydrogen-bond acceptors (Lipinski definition) is 8. The molecule has 0 bridgehead atoms. The van der Waals surface area contributed by atoms with Crippen molar-refractivity contribution in [3.05, 3.63) is 69.0 Å². The minimum atomic E-state index is -0.248. The van der Waals surface area contributed by atoms with E-state index in [1.165, 1.54) is 16.2 Å². The van der Waals surface area contributed by atoms with Gasteiger partial charge in [-0.1, -0.05) is 43.0 Å². The largest absolute Gasteiger partial charge is 0.493 e. The van der Waals surface area contributed by atoms with Crippen LogP contribution in [0, 0.1) is 0 Å². The van der Waals surface area contributed by atoms with E-state index in [0.717, 1.165) is 12.0 Å². The second-order valence-electron chi connectivity index (χ2n) is 8.33. The lowest BCUT2D eigenvalue weighted by Gasteiger charge is -2.16. The molecule has 1 N–H and O–H groups in total. The molecule has 1 fully saturated rings. The number of anilines is 1. The highest BCUT2D eigenvalue weighted by molar-refractivity contribution is 8.26. The monoisotopic (exact) mass is 524 g/mol. The highest BCUT2D eigenvalue weighted by Crippen LogP contribution is 2.34. The van der Waals surface area contributed by atoms with Crippen molar-refractivity contribution in [1.82, 2.24) is 14.3 Å². The van der Waals surface area contributed by atoms with Gasteiger partial charge in [-0.05, 0) is 55.7 Å². The second-order valence-corrected chi connectivity index (χ2v) is 10.0. The number of pyridine rings is 1. The molecule has 0 aliphatic carbocycles. The summed E-state index contributed by atoms with van der Waals surface area (Å²) in [4.78, 5) is 33.3. The molecule has 3 aromatic rings. The quantitative estimate of drug-likeness (QED) is 0.326. The van der Waals surface area contributed by atoms with Crippen LogP contribution in [0.4, 0.5) is 5.82 Å². The maximum atomic E-state index is 13.3. The summed E-state index contributed by atoms with van der Waals surface area (Å²) >= 11 is 6.71. The van der Waals surface area contributed by atoms with Gasteiger partial charge in [0.15, 0.2) is 11.5 Å². The van der Waals surface area contributed by atoms with Crippen LogP contribution in [-0.2, 0) is 11.2 Å². The van der Waals surface area contributed by atoms with Crippen LogP contribution in [0.25, 0.3) is 11.7 Å². The van der Waals surface area contributed by atoms with Crippen LogP contribution in [0.3, 0.4) is 0 Å². The van der Waals surface area contributed by atoms with E-state index in [9.17, 15) is 9.59 Å². The van der Waals surface area contributed by atoms with Crippen molar-refractivity contribution < 1.29 is 14.3 Å². The Bertz CT molecular complexity index is 1400. The predicted molar refractivity (Wildman–Crippen MR) is 148 cm³/mol. The van der Waals surface area contributed by atoms with Gasteiger partial charge in [0.2, 0.25) is 0 Å². The van der Waals surface area contributed by atoms with Crippen molar-refractivity contribution in [2.24, 2.45) is 0 Å². The molecule has 4 rings (SSSR count). The number of thioether (sulfide) groups is 1. The van der Waals surface area contributed by atoms with Crippen LogP contribution >= 0.6 is 24.0 Å². The van der Waals surface area contributed by atoms with Gasteiger partial charge in [-0.15, -0.1) is 0 Å². The molecular weight excluding hydrogens is 496 g/mol. The van der Waals surface area contributed by atoms with E-state index < -0.39 is 0 Å². The Labute approximate surface area is 219 Å². The highest BCUT2D eigenvalue weighted by Gasteiger charge is 2.32. The first-order valence-corrected chi connectivity index (χ1v) is 12.8. The zero-order chi connectivity index (χ0) is 25.8. The van der Waals surface area contributed by atoms with Crippen LogP contribution in [-0.4, -0.2) is 51.3 Å². The summed E-state index contributed by atoms with van der Waals surface area (Å²) in [5, 5.41) is 3.31. The molecule has 1 aliphatic rings. The maximum absolute atomic E-state index is 13.3. The third-order valence-electron chi connectivity index (χ3n) is 5.99. The van der Waals surface area contributed by atoms with E-state index in [2.05, 4.69) is 17.2 Å². The number of fused-ring (bicyclic) bond motifs is 1. The number of ether oxygens (including phenoxy) is 2. The third-order valence-corrected chi connectivity index (χ3v) is 7.36. The molecule has 10 heteroatoms. The summed E-state index contributed by atoms with van der Waals surface area (Å²) in [6, 6.07) is 11.1. The lowest BCUT2D eigenvalue weighted by atomic mass is 10.1. The van der Waals surface area contributed by atoms with Crippen molar-refractivity contribution in [2.75, 3.05) is 26.1 Å². The summed E-state index contributed by atoms with van der Waals surface area (Å²) in [5.41, 5.74) is 1.61. The van der Waals surface area contributed by atoms with Gasteiger partial charge >= 0.3 is 0 Å². The Morgan fingerprint density at radius 1 is 1.17 bits per heavy atom. The molecule has 188 valence electrons. The topological polar surface area (TPSA) is 85.2 Å². The van der Waals surface area contributed by atoms with Crippen LogP contribution in [0.1, 0.15) is 31.4 Å². The summed E-state index contributed by atoms with van der Waals surface area (Å²) in [5.74, 6) is 1.51. The number of rotatable bonds is 9. The minimum absolute atomic E-state index is 0.103. The average Bonchev–Trinajstić information content (AvgIpc) is 3.16. The van der Waals surface area contributed by atoms with Gasteiger partial charge in [0.1, 0.15) is 15.8 Å². The number of amides is 1. The molecule has 0 spiro atoms. The fraction of sp³-hybridized carbons (Fsp3) is 0.308. The number of methoxy groups -OCH3 is 2. The van der Waals surface area contributed by atoms with Crippen LogP contribution in [0.2, 0.25) is 0 Å². The molecule has 3 heterocycles. The predicted octanol–water partition coefficient (Wildman–Crippen LogP) is 4.37. The molecular formula is C26H28N4O4S2. The van der Waals surface area contributed by atoms with Gasteiger partial charge in [0, 0.05) is 18.8 Å². The van der Waals surface area contributed by atoms with Crippen molar-refractivity contribution >= 4 is 51.7 Å². The van der Waals surface area contributed by atoms with Crippen molar-refractivity contribution in [1.29, 1.82) is 0 Å².